The second kappa shape index (κ2) is 30.8. The molecule has 1 aromatic carbocycles. The predicted molar refractivity (Wildman–Crippen MR) is 288 cm³/mol. The molecule has 7 heteroatoms. The van der Waals surface area contributed by atoms with Crippen LogP contribution in [0.1, 0.15) is 137 Å². The van der Waals surface area contributed by atoms with Crippen LogP contribution in [-0.4, -0.2) is 24.1 Å². The lowest BCUT2D eigenvalue weighted by atomic mass is 9.88. The standard InChI is InChI=1S/2C11H17NO.C10H15N.C10H14.2C9H13N/c1-11(2,3)8-9-5-6-12(4)10(13)7-9;1-11(2,3)7-9-5-6-10(13)12(4)8-9;1-10(2,3)8-9-6-4-5-7-11-9;1-9(2)8-10-6-4-3-5-7-10;1-8(2)7-9-3-5-10-6-4-9;1-8(2)6-9-4-3-5-10-7-9/h5-7H,8H2,1-4H3;5-6,8H,7H2,1-4H3;4-7H,8H2,1-3H3;3-7,9H,8H2,1-2H3;3-6,8H,7H2,1-2H3;3-5,7-8H,6H2,1-2H3. The number of hydrogen-bond acceptors (Lipinski definition) is 5. The summed E-state index contributed by atoms with van der Waals surface area (Å²) >= 11 is 0. The molecule has 0 amide bonds. The van der Waals surface area contributed by atoms with Gasteiger partial charge in [0.25, 0.3) is 5.56 Å². The molecule has 0 aliphatic heterocycles. The van der Waals surface area contributed by atoms with Crippen molar-refractivity contribution in [3.8, 4) is 0 Å². The largest absolute Gasteiger partial charge is 0.319 e. The summed E-state index contributed by atoms with van der Waals surface area (Å²) in [5.41, 5.74) is 8.66. The number of nitrogens with zero attached hydrogens (tertiary/aromatic N) is 5. The van der Waals surface area contributed by atoms with E-state index in [1.807, 2.05) is 73.7 Å². The molecule has 0 fully saturated rings. The lowest BCUT2D eigenvalue weighted by molar-refractivity contribution is 0.406. The number of benzene rings is 1. The van der Waals surface area contributed by atoms with Gasteiger partial charge in [0.1, 0.15) is 0 Å². The maximum absolute atomic E-state index is 11.3. The Kier molecular flexibility index (Phi) is 27.4. The highest BCUT2D eigenvalue weighted by Gasteiger charge is 2.13. The highest BCUT2D eigenvalue weighted by molar-refractivity contribution is 5.16. The van der Waals surface area contributed by atoms with Gasteiger partial charge in [-0.1, -0.05) is 152 Å². The fourth-order valence-corrected chi connectivity index (χ4v) is 6.79. The van der Waals surface area contributed by atoms with Gasteiger partial charge in [0.05, 0.1) is 0 Å². The zero-order valence-electron chi connectivity index (χ0n) is 44.8. The third-order valence-corrected chi connectivity index (χ3v) is 9.47. The molecule has 5 heterocycles. The van der Waals surface area contributed by atoms with Crippen molar-refractivity contribution in [3.05, 3.63) is 195 Å². The van der Waals surface area contributed by atoms with Crippen LogP contribution in [0.15, 0.2) is 150 Å². The molecule has 0 atom stereocenters. The summed E-state index contributed by atoms with van der Waals surface area (Å²) < 4.78 is 3.22. The molecular formula is C60H89N5O2. The van der Waals surface area contributed by atoms with E-state index in [1.165, 1.54) is 34.4 Å². The Bertz CT molecular complexity index is 2170. The Morgan fingerprint density at radius 2 is 0.955 bits per heavy atom. The molecule has 0 saturated carbocycles. The van der Waals surface area contributed by atoms with Gasteiger partial charge >= 0.3 is 0 Å². The molecule has 0 unspecified atom stereocenters. The van der Waals surface area contributed by atoms with E-state index in [4.69, 9.17) is 0 Å². The van der Waals surface area contributed by atoms with Crippen molar-refractivity contribution in [1.82, 2.24) is 24.1 Å². The van der Waals surface area contributed by atoms with Crippen molar-refractivity contribution in [3.63, 3.8) is 0 Å². The normalized spacial score (nSPS) is 11.0. The average Bonchev–Trinajstić information content (AvgIpc) is 3.21. The summed E-state index contributed by atoms with van der Waals surface area (Å²) in [6.07, 6.45) is 19.5. The quantitative estimate of drug-likeness (QED) is 0.144. The van der Waals surface area contributed by atoms with Crippen LogP contribution in [0.3, 0.4) is 0 Å². The fraction of sp³-hybridized carbons (Fsp3) is 0.483. The first kappa shape index (κ1) is 59.6. The van der Waals surface area contributed by atoms with Gasteiger partial charge < -0.3 is 9.13 Å². The summed E-state index contributed by atoms with van der Waals surface area (Å²) in [7, 11) is 3.55. The summed E-state index contributed by atoms with van der Waals surface area (Å²) in [5.74, 6) is 2.23. The number of rotatable bonds is 9. The topological polar surface area (TPSA) is 82.7 Å². The van der Waals surface area contributed by atoms with Gasteiger partial charge in [-0.15, -0.1) is 0 Å². The SMILES string of the molecule is CC(C)(C)Cc1ccccn1.CC(C)Cc1ccccc1.CC(C)Cc1cccnc1.CC(C)Cc1ccncc1.Cn1cc(CC(C)(C)C)ccc1=O.Cn1ccc(CC(C)(C)C)cc1=O. The Balaban J connectivity index is 0.000000403. The Morgan fingerprint density at radius 1 is 0.448 bits per heavy atom. The monoisotopic (exact) mass is 912 g/mol. The number of pyridine rings is 5. The first-order chi connectivity index (χ1) is 31.2. The molecule has 366 valence electrons. The van der Waals surface area contributed by atoms with Gasteiger partial charge in [-0.05, 0) is 137 Å². The maximum Gasteiger partial charge on any atom is 0.250 e. The minimum Gasteiger partial charge on any atom is -0.319 e. The second-order valence-corrected chi connectivity index (χ2v) is 22.5. The van der Waals surface area contributed by atoms with E-state index in [0.29, 0.717) is 5.41 Å². The Labute approximate surface area is 407 Å². The first-order valence-corrected chi connectivity index (χ1v) is 24.2. The summed E-state index contributed by atoms with van der Waals surface area (Å²) in [6.45, 7) is 33.1. The van der Waals surface area contributed by atoms with E-state index in [0.717, 1.165) is 55.4 Å². The smallest absolute Gasteiger partial charge is 0.250 e. The molecule has 0 radical (unpaired) electrons. The maximum atomic E-state index is 11.3. The summed E-state index contributed by atoms with van der Waals surface area (Å²) in [4.78, 5) is 34.6. The zero-order chi connectivity index (χ0) is 50.6. The molecule has 0 spiro atoms. The predicted octanol–water partition coefficient (Wildman–Crippen LogP) is 14.1. The van der Waals surface area contributed by atoms with Crippen LogP contribution in [0, 0.1) is 34.0 Å². The van der Waals surface area contributed by atoms with E-state index in [9.17, 15) is 9.59 Å². The van der Waals surface area contributed by atoms with Crippen LogP contribution in [-0.2, 0) is 52.6 Å². The van der Waals surface area contributed by atoms with Crippen molar-refractivity contribution >= 4 is 0 Å². The van der Waals surface area contributed by atoms with Crippen LogP contribution >= 0.6 is 0 Å². The van der Waals surface area contributed by atoms with E-state index >= 15 is 0 Å². The van der Waals surface area contributed by atoms with E-state index in [1.54, 1.807) is 35.4 Å². The number of hydrogen-bond donors (Lipinski definition) is 0. The summed E-state index contributed by atoms with van der Waals surface area (Å²) in [6, 6.07) is 32.2. The van der Waals surface area contributed by atoms with Crippen molar-refractivity contribution in [2.24, 2.45) is 48.1 Å². The van der Waals surface area contributed by atoms with Crippen molar-refractivity contribution < 1.29 is 0 Å². The van der Waals surface area contributed by atoms with Gasteiger partial charge in [0, 0.05) is 75.3 Å². The van der Waals surface area contributed by atoms with Crippen LogP contribution < -0.4 is 11.1 Å². The molecule has 7 nitrogen and oxygen atoms in total. The number of aromatic nitrogens is 5. The van der Waals surface area contributed by atoms with Gasteiger partial charge in [0.15, 0.2) is 0 Å². The van der Waals surface area contributed by atoms with Crippen molar-refractivity contribution in [2.75, 3.05) is 0 Å². The average molecular weight is 912 g/mol. The van der Waals surface area contributed by atoms with Crippen LogP contribution in [0.25, 0.3) is 0 Å². The lowest BCUT2D eigenvalue weighted by Crippen LogP contribution is -2.17. The molecule has 6 aromatic rings. The van der Waals surface area contributed by atoms with Gasteiger partial charge in [-0.3, -0.25) is 24.5 Å². The molecule has 67 heavy (non-hydrogen) atoms. The zero-order valence-corrected chi connectivity index (χ0v) is 44.8. The molecule has 5 aromatic heterocycles. The minimum absolute atomic E-state index is 0.0534. The minimum atomic E-state index is 0.0534. The third kappa shape index (κ3) is 32.8. The Morgan fingerprint density at radius 3 is 1.42 bits per heavy atom. The molecule has 0 aliphatic rings. The van der Waals surface area contributed by atoms with Crippen LogP contribution in [0.5, 0.6) is 0 Å². The van der Waals surface area contributed by atoms with E-state index in [2.05, 4.69) is 173 Å². The first-order valence-electron chi connectivity index (χ1n) is 24.2. The van der Waals surface area contributed by atoms with Crippen molar-refractivity contribution in [1.29, 1.82) is 0 Å². The Hall–Kier alpha value is -5.43. The van der Waals surface area contributed by atoms with Gasteiger partial charge in [-0.2, -0.15) is 0 Å². The van der Waals surface area contributed by atoms with Crippen LogP contribution in [0.4, 0.5) is 0 Å². The lowest BCUT2D eigenvalue weighted by Gasteiger charge is -2.18. The molecule has 6 rings (SSSR count). The molecular weight excluding hydrogens is 823 g/mol. The third-order valence-electron chi connectivity index (χ3n) is 9.47. The highest BCUT2D eigenvalue weighted by Crippen LogP contribution is 2.21. The number of aryl methyl sites for hydroxylation is 2. The molecule has 0 N–H and O–H groups in total. The van der Waals surface area contributed by atoms with Crippen molar-refractivity contribution in [2.45, 2.75) is 142 Å². The molecule has 0 saturated heterocycles. The van der Waals surface area contributed by atoms with Gasteiger partial charge in [0.2, 0.25) is 5.56 Å². The summed E-state index contributed by atoms with van der Waals surface area (Å²) in [5, 5.41) is 0. The van der Waals surface area contributed by atoms with Gasteiger partial charge in [-0.25, -0.2) is 0 Å². The molecule has 0 aliphatic carbocycles. The van der Waals surface area contributed by atoms with Crippen LogP contribution in [0.2, 0.25) is 0 Å². The highest BCUT2D eigenvalue weighted by atomic mass is 16.1. The fourth-order valence-electron chi connectivity index (χ4n) is 6.79. The molecule has 0 bridgehead atoms. The van der Waals surface area contributed by atoms with E-state index < -0.39 is 0 Å². The second-order valence-electron chi connectivity index (χ2n) is 22.5. The van der Waals surface area contributed by atoms with E-state index in [-0.39, 0.29) is 21.9 Å².